The Morgan fingerprint density at radius 1 is 1.26 bits per heavy atom. The number of rotatable bonds is 2. The maximum absolute atomic E-state index is 10.9. The van der Waals surface area contributed by atoms with Crippen LogP contribution in [0.15, 0.2) is 18.2 Å². The van der Waals surface area contributed by atoms with E-state index in [-0.39, 0.29) is 17.7 Å². The van der Waals surface area contributed by atoms with Gasteiger partial charge in [0.15, 0.2) is 5.82 Å². The van der Waals surface area contributed by atoms with Gasteiger partial charge in [-0.15, -0.1) is 10.2 Å². The first-order valence-electron chi connectivity index (χ1n) is 5.20. The van der Waals surface area contributed by atoms with Crippen molar-refractivity contribution in [2.45, 2.75) is 6.92 Å². The van der Waals surface area contributed by atoms with E-state index in [1.165, 1.54) is 6.92 Å². The lowest BCUT2D eigenvalue weighted by Gasteiger charge is -2.06. The molecule has 98 valence electrons. The van der Waals surface area contributed by atoms with Crippen LogP contribution in [0, 0.1) is 0 Å². The molecule has 0 spiro atoms. The maximum atomic E-state index is 10.9. The van der Waals surface area contributed by atoms with Gasteiger partial charge >= 0.3 is 0 Å². The summed E-state index contributed by atoms with van der Waals surface area (Å²) < 4.78 is 0. The van der Waals surface area contributed by atoms with Crippen molar-refractivity contribution in [1.29, 1.82) is 0 Å². The van der Waals surface area contributed by atoms with E-state index >= 15 is 0 Å². The Kier molecular flexibility index (Phi) is 3.82. The van der Waals surface area contributed by atoms with Gasteiger partial charge in [0.1, 0.15) is 5.69 Å². The number of aromatic nitrogens is 3. The fourth-order valence-electron chi connectivity index (χ4n) is 1.40. The third-order valence-electron chi connectivity index (χ3n) is 2.19. The third kappa shape index (κ3) is 3.10. The van der Waals surface area contributed by atoms with E-state index in [1.807, 2.05) is 0 Å². The minimum absolute atomic E-state index is 0.0498. The van der Waals surface area contributed by atoms with Crippen molar-refractivity contribution in [1.82, 2.24) is 15.2 Å². The molecule has 0 aliphatic carbocycles. The first-order valence-corrected chi connectivity index (χ1v) is 5.96. The summed E-state index contributed by atoms with van der Waals surface area (Å²) in [6.07, 6.45) is 0. The Morgan fingerprint density at radius 3 is 2.58 bits per heavy atom. The van der Waals surface area contributed by atoms with Gasteiger partial charge in [-0.2, -0.15) is 4.98 Å². The number of amides is 1. The lowest BCUT2D eigenvalue weighted by molar-refractivity contribution is -0.114. The van der Waals surface area contributed by atoms with Crippen molar-refractivity contribution < 1.29 is 4.79 Å². The van der Waals surface area contributed by atoms with E-state index in [2.05, 4.69) is 20.5 Å². The van der Waals surface area contributed by atoms with Crippen molar-refractivity contribution in [3.05, 3.63) is 28.2 Å². The van der Waals surface area contributed by atoms with Gasteiger partial charge < -0.3 is 5.73 Å². The van der Waals surface area contributed by atoms with Gasteiger partial charge in [0.25, 0.3) is 5.95 Å². The molecule has 1 amide bonds. The highest BCUT2D eigenvalue weighted by Gasteiger charge is 2.11. The van der Waals surface area contributed by atoms with Gasteiger partial charge in [-0.05, 0) is 12.1 Å². The van der Waals surface area contributed by atoms with Crippen LogP contribution in [0.25, 0.3) is 11.3 Å². The van der Waals surface area contributed by atoms with Crippen molar-refractivity contribution in [3.63, 3.8) is 0 Å². The molecule has 0 unspecified atom stereocenters. The molecule has 2 aromatic rings. The molecule has 0 aliphatic rings. The summed E-state index contributed by atoms with van der Waals surface area (Å²) in [6.45, 7) is 1.34. The van der Waals surface area contributed by atoms with Crippen LogP contribution < -0.4 is 11.1 Å². The largest absolute Gasteiger partial charge is 0.382 e. The molecule has 0 saturated carbocycles. The fourth-order valence-corrected chi connectivity index (χ4v) is 1.70. The van der Waals surface area contributed by atoms with E-state index in [4.69, 9.17) is 28.9 Å². The lowest BCUT2D eigenvalue weighted by atomic mass is 10.1. The van der Waals surface area contributed by atoms with Crippen LogP contribution in [-0.2, 0) is 4.79 Å². The molecule has 1 heterocycles. The molecule has 3 N–H and O–H groups in total. The number of nitrogens with one attached hydrogen (secondary N) is 1. The molecule has 0 atom stereocenters. The second kappa shape index (κ2) is 5.38. The highest BCUT2D eigenvalue weighted by molar-refractivity contribution is 6.42. The zero-order valence-electron chi connectivity index (χ0n) is 9.82. The van der Waals surface area contributed by atoms with Crippen LogP contribution in [0.4, 0.5) is 11.8 Å². The van der Waals surface area contributed by atoms with E-state index in [0.29, 0.717) is 21.3 Å². The molecule has 6 nitrogen and oxygen atoms in total. The number of hydrogen-bond donors (Lipinski definition) is 2. The van der Waals surface area contributed by atoms with Crippen LogP contribution >= 0.6 is 23.2 Å². The standard InChI is InChI=1S/C11H9Cl2N5O/c1-5(19)15-11-16-10(14)9(17-18-11)6-2-3-7(12)8(13)4-6/h2-4H,1H3,(H3,14,15,16,18,19). The second-order valence-electron chi connectivity index (χ2n) is 3.68. The average Bonchev–Trinajstić information content (AvgIpc) is 2.32. The predicted molar refractivity (Wildman–Crippen MR) is 74.0 cm³/mol. The number of halogens is 2. The Bertz CT molecular complexity index is 647. The molecule has 0 fully saturated rings. The normalized spacial score (nSPS) is 10.3. The molecule has 0 aliphatic heterocycles. The summed E-state index contributed by atoms with van der Waals surface area (Å²) in [5.41, 5.74) is 6.78. The van der Waals surface area contributed by atoms with Crippen molar-refractivity contribution in [2.75, 3.05) is 11.1 Å². The Balaban J connectivity index is 2.40. The third-order valence-corrected chi connectivity index (χ3v) is 2.93. The monoisotopic (exact) mass is 297 g/mol. The number of nitrogen functional groups attached to an aromatic ring is 1. The van der Waals surface area contributed by atoms with E-state index in [9.17, 15) is 4.79 Å². The van der Waals surface area contributed by atoms with Gasteiger partial charge in [-0.1, -0.05) is 29.3 Å². The quantitative estimate of drug-likeness (QED) is 0.887. The summed E-state index contributed by atoms with van der Waals surface area (Å²) in [7, 11) is 0. The zero-order chi connectivity index (χ0) is 14.0. The van der Waals surface area contributed by atoms with Gasteiger partial charge in [-0.3, -0.25) is 10.1 Å². The summed E-state index contributed by atoms with van der Waals surface area (Å²) in [4.78, 5) is 14.8. The van der Waals surface area contributed by atoms with E-state index in [0.717, 1.165) is 0 Å². The minimum Gasteiger partial charge on any atom is -0.382 e. The molecule has 0 radical (unpaired) electrons. The summed E-state index contributed by atoms with van der Waals surface area (Å²) in [5.74, 6) is -0.116. The van der Waals surface area contributed by atoms with Gasteiger partial charge in [0.05, 0.1) is 10.0 Å². The Hall–Kier alpha value is -1.92. The maximum Gasteiger partial charge on any atom is 0.251 e. The molecule has 8 heteroatoms. The zero-order valence-corrected chi connectivity index (χ0v) is 11.3. The van der Waals surface area contributed by atoms with Gasteiger partial charge in [0, 0.05) is 12.5 Å². The molecule has 2 rings (SSSR count). The lowest BCUT2D eigenvalue weighted by Crippen LogP contribution is -2.12. The van der Waals surface area contributed by atoms with Gasteiger partial charge in [-0.25, -0.2) is 0 Å². The minimum atomic E-state index is -0.302. The van der Waals surface area contributed by atoms with Crippen LogP contribution in [0.1, 0.15) is 6.92 Å². The number of benzene rings is 1. The van der Waals surface area contributed by atoms with Crippen molar-refractivity contribution >= 4 is 40.9 Å². The van der Waals surface area contributed by atoms with Crippen LogP contribution in [0.5, 0.6) is 0 Å². The number of carbonyl (C=O) groups excluding carboxylic acids is 1. The SMILES string of the molecule is CC(=O)Nc1nnc(-c2ccc(Cl)c(Cl)c2)c(N)n1. The number of nitrogens with two attached hydrogens (primary N) is 1. The first-order chi connectivity index (χ1) is 8.97. The summed E-state index contributed by atoms with van der Waals surface area (Å²) in [6, 6.07) is 4.94. The highest BCUT2D eigenvalue weighted by atomic mass is 35.5. The number of hydrogen-bond acceptors (Lipinski definition) is 5. The van der Waals surface area contributed by atoms with Crippen molar-refractivity contribution in [2.24, 2.45) is 0 Å². The van der Waals surface area contributed by atoms with Crippen molar-refractivity contribution in [3.8, 4) is 11.3 Å². The molecule has 19 heavy (non-hydrogen) atoms. The number of carbonyl (C=O) groups is 1. The molecule has 0 bridgehead atoms. The molecular formula is C11H9Cl2N5O. The smallest absolute Gasteiger partial charge is 0.251 e. The molecule has 0 saturated heterocycles. The van der Waals surface area contributed by atoms with Crippen LogP contribution in [0.2, 0.25) is 10.0 Å². The Labute approximate surface area is 119 Å². The second-order valence-corrected chi connectivity index (χ2v) is 4.49. The summed E-state index contributed by atoms with van der Waals surface area (Å²) in [5, 5.41) is 10.9. The summed E-state index contributed by atoms with van der Waals surface area (Å²) >= 11 is 11.7. The topological polar surface area (TPSA) is 93.8 Å². The number of anilines is 2. The highest BCUT2D eigenvalue weighted by Crippen LogP contribution is 2.29. The van der Waals surface area contributed by atoms with E-state index in [1.54, 1.807) is 18.2 Å². The molecular weight excluding hydrogens is 289 g/mol. The first kappa shape index (κ1) is 13.5. The van der Waals surface area contributed by atoms with Gasteiger partial charge in [0.2, 0.25) is 5.91 Å². The van der Waals surface area contributed by atoms with Crippen LogP contribution in [-0.4, -0.2) is 21.1 Å². The van der Waals surface area contributed by atoms with E-state index < -0.39 is 0 Å². The predicted octanol–water partition coefficient (Wildman–Crippen LogP) is 2.39. The fraction of sp³-hybridized carbons (Fsp3) is 0.0909. The Morgan fingerprint density at radius 2 is 2.00 bits per heavy atom. The number of nitrogens with zero attached hydrogens (tertiary/aromatic N) is 3. The average molecular weight is 298 g/mol. The van der Waals surface area contributed by atoms with Crippen LogP contribution in [0.3, 0.4) is 0 Å². The molecule has 1 aromatic heterocycles. The molecule has 1 aromatic carbocycles.